The van der Waals surface area contributed by atoms with Gasteiger partial charge in [-0.15, -0.1) is 10.2 Å². The predicted octanol–water partition coefficient (Wildman–Crippen LogP) is 2.58. The van der Waals surface area contributed by atoms with Crippen molar-refractivity contribution < 1.29 is 4.79 Å². The Morgan fingerprint density at radius 2 is 2.12 bits per heavy atom. The van der Waals surface area contributed by atoms with Crippen LogP contribution in [0.5, 0.6) is 0 Å². The number of aryl methyl sites for hydroxylation is 1. The predicted molar refractivity (Wildman–Crippen MR) is 98.2 cm³/mol. The molecule has 3 aromatic rings. The first-order chi connectivity index (χ1) is 11.9. The molecule has 0 spiro atoms. The first-order valence-electron chi connectivity index (χ1n) is 7.91. The maximum Gasteiger partial charge on any atom is 0.252 e. The second-order valence-corrected chi connectivity index (χ2v) is 7.00. The van der Waals surface area contributed by atoms with Gasteiger partial charge in [-0.1, -0.05) is 37.7 Å². The highest BCUT2D eigenvalue weighted by molar-refractivity contribution is 7.99. The van der Waals surface area contributed by atoms with Gasteiger partial charge in [0.1, 0.15) is 0 Å². The van der Waals surface area contributed by atoms with Crippen molar-refractivity contribution in [3.05, 3.63) is 51.9 Å². The molecule has 25 heavy (non-hydrogen) atoms. The van der Waals surface area contributed by atoms with E-state index in [-0.39, 0.29) is 23.1 Å². The molecular weight excluding hydrogens is 338 g/mol. The Hall–Kier alpha value is -2.61. The number of fused-ring (bicyclic) bond motifs is 1. The third kappa shape index (κ3) is 3.90. The summed E-state index contributed by atoms with van der Waals surface area (Å²) in [6.07, 6.45) is 0. The number of thioether (sulfide) groups is 1. The number of rotatable bonds is 5. The molecule has 0 unspecified atom stereocenters. The van der Waals surface area contributed by atoms with E-state index in [0.717, 1.165) is 16.9 Å². The number of nitrogens with zero attached hydrogens (tertiary/aromatic N) is 3. The molecule has 0 atom stereocenters. The molecule has 0 aliphatic carbocycles. The number of amides is 1. The number of nitrogens with one attached hydrogen (secondary N) is 2. The van der Waals surface area contributed by atoms with Crippen molar-refractivity contribution in [1.82, 2.24) is 19.6 Å². The summed E-state index contributed by atoms with van der Waals surface area (Å²) in [4.78, 5) is 26.5. The number of aromatic nitrogens is 4. The molecule has 0 saturated heterocycles. The van der Waals surface area contributed by atoms with E-state index in [9.17, 15) is 9.59 Å². The Bertz CT molecular complexity index is 977. The Labute approximate surface area is 148 Å². The van der Waals surface area contributed by atoms with Crippen LogP contribution in [0.2, 0.25) is 0 Å². The van der Waals surface area contributed by atoms with Gasteiger partial charge in [0.05, 0.1) is 5.75 Å². The molecule has 3 rings (SSSR count). The third-order valence-corrected chi connectivity index (χ3v) is 4.56. The number of hydrogen-bond acceptors (Lipinski definition) is 5. The number of carbonyl (C=O) groups is 1. The quantitative estimate of drug-likeness (QED) is 0.685. The Morgan fingerprint density at radius 1 is 1.32 bits per heavy atom. The number of benzene rings is 1. The summed E-state index contributed by atoms with van der Waals surface area (Å²) >= 11 is 1.28. The van der Waals surface area contributed by atoms with Crippen molar-refractivity contribution in [2.24, 2.45) is 0 Å². The molecule has 2 heterocycles. The van der Waals surface area contributed by atoms with Gasteiger partial charge in [-0.3, -0.25) is 19.0 Å². The molecule has 130 valence electrons. The summed E-state index contributed by atoms with van der Waals surface area (Å²) < 4.78 is 1.79. The topological polar surface area (TPSA) is 92.2 Å². The fourth-order valence-electron chi connectivity index (χ4n) is 2.50. The third-order valence-electron chi connectivity index (χ3n) is 3.63. The SMILES string of the molecule is Cc1cccc(NC(=O)CSc2nnc3[nH]c(=O)cc(C(C)C)n23)c1. The monoisotopic (exact) mass is 357 g/mol. The largest absolute Gasteiger partial charge is 0.325 e. The average Bonchev–Trinajstić information content (AvgIpc) is 2.94. The van der Waals surface area contributed by atoms with Crippen LogP contribution < -0.4 is 10.9 Å². The van der Waals surface area contributed by atoms with Crippen LogP contribution in [0.25, 0.3) is 5.78 Å². The lowest BCUT2D eigenvalue weighted by Gasteiger charge is -2.10. The fraction of sp³-hybridized carbons (Fsp3) is 0.294. The molecule has 0 aliphatic heterocycles. The summed E-state index contributed by atoms with van der Waals surface area (Å²) in [5.41, 5.74) is 2.45. The highest BCUT2D eigenvalue weighted by atomic mass is 32.2. The van der Waals surface area contributed by atoms with Crippen molar-refractivity contribution in [3.8, 4) is 0 Å². The van der Waals surface area contributed by atoms with Crippen molar-refractivity contribution in [2.45, 2.75) is 31.8 Å². The Balaban J connectivity index is 1.77. The first-order valence-corrected chi connectivity index (χ1v) is 8.90. The minimum atomic E-state index is -0.211. The van der Waals surface area contributed by atoms with Gasteiger partial charge in [-0.2, -0.15) is 0 Å². The van der Waals surface area contributed by atoms with E-state index in [4.69, 9.17) is 0 Å². The Kier molecular flexibility index (Phi) is 4.89. The van der Waals surface area contributed by atoms with Crippen molar-refractivity contribution in [1.29, 1.82) is 0 Å². The standard InChI is InChI=1S/C17H19N5O2S/c1-10(2)13-8-14(23)19-16-20-21-17(22(13)16)25-9-15(24)18-12-6-4-5-11(3)7-12/h4-8,10H,9H2,1-3H3,(H,18,24)(H,19,20,23). The molecule has 0 radical (unpaired) electrons. The van der Waals surface area contributed by atoms with Crippen molar-refractivity contribution >= 4 is 29.1 Å². The molecule has 0 saturated carbocycles. The molecule has 1 aromatic carbocycles. The second-order valence-electron chi connectivity index (χ2n) is 6.06. The van der Waals surface area contributed by atoms with Crippen LogP contribution in [0, 0.1) is 6.92 Å². The van der Waals surface area contributed by atoms with Crippen molar-refractivity contribution in [3.63, 3.8) is 0 Å². The fourth-order valence-corrected chi connectivity index (χ4v) is 3.25. The zero-order valence-electron chi connectivity index (χ0n) is 14.2. The summed E-state index contributed by atoms with van der Waals surface area (Å²) in [7, 11) is 0. The first kappa shape index (κ1) is 17.2. The zero-order chi connectivity index (χ0) is 18.0. The maximum absolute atomic E-state index is 12.2. The number of H-pyrrole nitrogens is 1. The van der Waals surface area contributed by atoms with Gasteiger partial charge in [0.2, 0.25) is 11.7 Å². The molecular formula is C17H19N5O2S. The average molecular weight is 357 g/mol. The summed E-state index contributed by atoms with van der Waals surface area (Å²) in [5, 5.41) is 11.5. The van der Waals surface area contributed by atoms with Crippen LogP contribution in [-0.2, 0) is 4.79 Å². The van der Waals surface area contributed by atoms with Gasteiger partial charge < -0.3 is 5.32 Å². The van der Waals surface area contributed by atoms with E-state index >= 15 is 0 Å². The lowest BCUT2D eigenvalue weighted by atomic mass is 10.1. The molecule has 0 bridgehead atoms. The van der Waals surface area contributed by atoms with E-state index in [1.807, 2.05) is 45.0 Å². The normalized spacial score (nSPS) is 11.2. The summed E-state index contributed by atoms with van der Waals surface area (Å²) in [6, 6.07) is 9.18. The van der Waals surface area contributed by atoms with Crippen LogP contribution >= 0.6 is 11.8 Å². The number of carbonyl (C=O) groups excluding carboxylic acids is 1. The zero-order valence-corrected chi connectivity index (χ0v) is 15.1. The van der Waals surface area contributed by atoms with E-state index in [0.29, 0.717) is 10.9 Å². The van der Waals surface area contributed by atoms with Crippen LogP contribution in [-0.4, -0.2) is 31.2 Å². The highest BCUT2D eigenvalue weighted by Gasteiger charge is 2.15. The van der Waals surface area contributed by atoms with Crippen LogP contribution in [0.15, 0.2) is 40.3 Å². The number of aromatic amines is 1. The van der Waals surface area contributed by atoms with E-state index in [2.05, 4.69) is 20.5 Å². The Morgan fingerprint density at radius 3 is 2.84 bits per heavy atom. The smallest absolute Gasteiger partial charge is 0.252 e. The molecule has 1 amide bonds. The van der Waals surface area contributed by atoms with Gasteiger partial charge in [0.15, 0.2) is 5.16 Å². The van der Waals surface area contributed by atoms with Gasteiger partial charge in [0, 0.05) is 17.4 Å². The second kappa shape index (κ2) is 7.10. The van der Waals surface area contributed by atoms with Crippen LogP contribution in [0.3, 0.4) is 0 Å². The van der Waals surface area contributed by atoms with Crippen LogP contribution in [0.1, 0.15) is 31.0 Å². The van der Waals surface area contributed by atoms with Gasteiger partial charge in [-0.05, 0) is 30.5 Å². The van der Waals surface area contributed by atoms with Gasteiger partial charge >= 0.3 is 0 Å². The van der Waals surface area contributed by atoms with Crippen LogP contribution in [0.4, 0.5) is 5.69 Å². The molecule has 2 N–H and O–H groups in total. The van der Waals surface area contributed by atoms with E-state index in [1.54, 1.807) is 4.40 Å². The highest BCUT2D eigenvalue weighted by Crippen LogP contribution is 2.21. The van der Waals surface area contributed by atoms with E-state index < -0.39 is 0 Å². The number of anilines is 1. The van der Waals surface area contributed by atoms with E-state index in [1.165, 1.54) is 17.8 Å². The lowest BCUT2D eigenvalue weighted by molar-refractivity contribution is -0.113. The molecule has 2 aromatic heterocycles. The minimum absolute atomic E-state index is 0.122. The molecule has 7 nitrogen and oxygen atoms in total. The van der Waals surface area contributed by atoms with Gasteiger partial charge in [0.25, 0.3) is 5.56 Å². The molecule has 0 aliphatic rings. The minimum Gasteiger partial charge on any atom is -0.325 e. The maximum atomic E-state index is 12.2. The van der Waals surface area contributed by atoms with Gasteiger partial charge in [-0.25, -0.2) is 0 Å². The summed E-state index contributed by atoms with van der Waals surface area (Å²) in [5.74, 6) is 0.590. The van der Waals surface area contributed by atoms with Crippen molar-refractivity contribution in [2.75, 3.05) is 11.1 Å². The number of hydrogen-bond donors (Lipinski definition) is 2. The molecule has 8 heteroatoms. The molecule has 0 fully saturated rings. The summed E-state index contributed by atoms with van der Waals surface area (Å²) in [6.45, 7) is 5.96. The lowest BCUT2D eigenvalue weighted by Crippen LogP contribution is -2.15.